The van der Waals surface area contributed by atoms with Gasteiger partial charge in [-0.2, -0.15) is 0 Å². The zero-order chi connectivity index (χ0) is 23.8. The second-order valence-electron chi connectivity index (χ2n) is 8.05. The maximum Gasteiger partial charge on any atom is 0.414 e. The van der Waals surface area contributed by atoms with E-state index in [-0.39, 0.29) is 30.3 Å². The van der Waals surface area contributed by atoms with E-state index in [1.54, 1.807) is 43.0 Å². The first-order valence-electron chi connectivity index (χ1n) is 10.1. The molecule has 1 N–H and O–H groups in total. The van der Waals surface area contributed by atoms with Crippen molar-refractivity contribution in [3.05, 3.63) is 42.2 Å². The minimum Gasteiger partial charge on any atom is -0.446 e. The fraction of sp³-hybridized carbons (Fsp3) is 0.364. The molecule has 0 bridgehead atoms. The second-order valence-corrected chi connectivity index (χ2v) is 9.80. The fourth-order valence-corrected chi connectivity index (χ4v) is 4.26. The molecule has 2 aromatic rings. The Labute approximate surface area is 187 Å². The molecular weight excluding hydrogens is 437 g/mol. The molecule has 0 aromatic heterocycles. The van der Waals surface area contributed by atoms with Crippen LogP contribution < -0.4 is 14.5 Å². The predicted molar refractivity (Wildman–Crippen MR) is 122 cm³/mol. The van der Waals surface area contributed by atoms with Gasteiger partial charge in [-0.25, -0.2) is 17.6 Å². The lowest BCUT2D eigenvalue weighted by molar-refractivity contribution is -0.117. The van der Waals surface area contributed by atoms with Crippen molar-refractivity contribution in [1.29, 1.82) is 0 Å². The highest BCUT2D eigenvalue weighted by Gasteiger charge is 2.34. The van der Waals surface area contributed by atoms with Gasteiger partial charge >= 0.3 is 6.09 Å². The van der Waals surface area contributed by atoms with Gasteiger partial charge in [0.15, 0.2) is 0 Å². The molecule has 10 heteroatoms. The lowest BCUT2D eigenvalue weighted by Gasteiger charge is -2.40. The van der Waals surface area contributed by atoms with Gasteiger partial charge in [0, 0.05) is 13.5 Å². The largest absolute Gasteiger partial charge is 0.446 e. The molecular formula is C22H26FN3O5S. The fourth-order valence-electron chi connectivity index (χ4n) is 3.70. The average Bonchev–Trinajstić information content (AvgIpc) is 2.66. The van der Waals surface area contributed by atoms with Crippen molar-refractivity contribution in [2.24, 2.45) is 0 Å². The van der Waals surface area contributed by atoms with E-state index in [9.17, 15) is 22.4 Å². The van der Waals surface area contributed by atoms with E-state index >= 15 is 0 Å². The lowest BCUT2D eigenvalue weighted by Crippen LogP contribution is -2.51. The molecule has 2 aromatic carbocycles. The van der Waals surface area contributed by atoms with E-state index in [1.165, 1.54) is 24.0 Å². The lowest BCUT2D eigenvalue weighted by atomic mass is 10.0. The van der Waals surface area contributed by atoms with Gasteiger partial charge in [-0.05, 0) is 56.2 Å². The number of hydrogen-bond acceptors (Lipinski definition) is 5. The van der Waals surface area contributed by atoms with Crippen LogP contribution in [0, 0.1) is 5.82 Å². The van der Waals surface area contributed by atoms with Crippen LogP contribution in [0.3, 0.4) is 0 Å². The third-order valence-corrected chi connectivity index (χ3v) is 5.50. The second kappa shape index (κ2) is 8.78. The summed E-state index contributed by atoms with van der Waals surface area (Å²) in [7, 11) is -3.62. The molecule has 8 nitrogen and oxygen atoms in total. The first-order chi connectivity index (χ1) is 14.9. The summed E-state index contributed by atoms with van der Waals surface area (Å²) in [4.78, 5) is 28.1. The first-order valence-corrected chi connectivity index (χ1v) is 12.0. The van der Waals surface area contributed by atoms with Crippen LogP contribution in [0.1, 0.15) is 27.7 Å². The van der Waals surface area contributed by atoms with Crippen LogP contribution in [-0.2, 0) is 19.6 Å². The Hall–Kier alpha value is -3.14. The molecule has 0 saturated heterocycles. The maximum absolute atomic E-state index is 14.5. The Kier molecular flexibility index (Phi) is 6.45. The molecule has 1 aliphatic rings. The minimum atomic E-state index is -3.62. The van der Waals surface area contributed by atoms with E-state index in [2.05, 4.69) is 4.72 Å². The van der Waals surface area contributed by atoms with E-state index in [4.69, 9.17) is 4.74 Å². The zero-order valence-corrected chi connectivity index (χ0v) is 19.4. The molecule has 0 saturated carbocycles. The Morgan fingerprint density at radius 3 is 2.31 bits per heavy atom. The summed E-state index contributed by atoms with van der Waals surface area (Å²) in [5, 5.41) is 0. The first kappa shape index (κ1) is 23.5. The number of halogens is 1. The van der Waals surface area contributed by atoms with Crippen molar-refractivity contribution >= 4 is 39.1 Å². The monoisotopic (exact) mass is 463 g/mol. The number of carbonyl (C=O) groups excluding carboxylic acids is 2. The van der Waals surface area contributed by atoms with E-state index in [1.807, 2.05) is 6.92 Å². The molecule has 0 spiro atoms. The number of carbonyl (C=O) groups is 2. The van der Waals surface area contributed by atoms with Crippen LogP contribution in [-0.4, -0.2) is 45.4 Å². The van der Waals surface area contributed by atoms with Gasteiger partial charge in [0.1, 0.15) is 5.82 Å². The third kappa shape index (κ3) is 5.01. The van der Waals surface area contributed by atoms with Crippen LogP contribution in [0.5, 0.6) is 0 Å². The highest BCUT2D eigenvalue weighted by atomic mass is 32.2. The number of ether oxygens (including phenoxy) is 1. The van der Waals surface area contributed by atoms with Crippen molar-refractivity contribution in [3.63, 3.8) is 0 Å². The minimum absolute atomic E-state index is 0.159. The van der Waals surface area contributed by atoms with Crippen LogP contribution in [0.4, 0.5) is 26.2 Å². The van der Waals surface area contributed by atoms with Crippen LogP contribution in [0.2, 0.25) is 0 Å². The van der Waals surface area contributed by atoms with Gasteiger partial charge < -0.3 is 9.64 Å². The van der Waals surface area contributed by atoms with Crippen molar-refractivity contribution in [2.75, 3.05) is 27.3 Å². The SMILES string of the molecule is CC(=O)N1c2ccc(-c3ccc(NS(C)(=O)=O)c(F)c3)cc2N(C(=O)OC(C)C)CC1C. The molecule has 0 radical (unpaired) electrons. The number of amides is 2. The summed E-state index contributed by atoms with van der Waals surface area (Å²) in [5.74, 6) is -0.897. The molecule has 0 aliphatic carbocycles. The predicted octanol–water partition coefficient (Wildman–Crippen LogP) is 3.97. The number of hydrogen-bond donors (Lipinski definition) is 1. The number of sulfonamides is 1. The summed E-state index contributed by atoms with van der Waals surface area (Å²) in [5.41, 5.74) is 1.94. The Balaban J connectivity index is 2.07. The van der Waals surface area contributed by atoms with Crippen molar-refractivity contribution < 1.29 is 27.1 Å². The van der Waals surface area contributed by atoms with E-state index < -0.39 is 21.9 Å². The van der Waals surface area contributed by atoms with E-state index in [0.29, 0.717) is 22.5 Å². The summed E-state index contributed by atoms with van der Waals surface area (Å²) in [6, 6.07) is 8.97. The van der Waals surface area contributed by atoms with Gasteiger partial charge in [0.05, 0.1) is 35.5 Å². The van der Waals surface area contributed by atoms with Gasteiger partial charge in [-0.3, -0.25) is 14.4 Å². The summed E-state index contributed by atoms with van der Waals surface area (Å²) >= 11 is 0. The van der Waals surface area contributed by atoms with Gasteiger partial charge in [0.2, 0.25) is 15.9 Å². The number of rotatable bonds is 4. The molecule has 1 aliphatic heterocycles. The molecule has 1 unspecified atom stereocenters. The summed E-state index contributed by atoms with van der Waals surface area (Å²) in [6.45, 7) is 7.04. The Morgan fingerprint density at radius 1 is 1.12 bits per heavy atom. The van der Waals surface area contributed by atoms with Crippen LogP contribution in [0.15, 0.2) is 36.4 Å². The molecule has 1 heterocycles. The van der Waals surface area contributed by atoms with Gasteiger partial charge in [0.25, 0.3) is 0 Å². The smallest absolute Gasteiger partial charge is 0.414 e. The number of benzene rings is 2. The topological polar surface area (TPSA) is 96.0 Å². The molecule has 32 heavy (non-hydrogen) atoms. The average molecular weight is 464 g/mol. The Bertz CT molecular complexity index is 1170. The van der Waals surface area contributed by atoms with Gasteiger partial charge in [-0.1, -0.05) is 12.1 Å². The van der Waals surface area contributed by atoms with E-state index in [0.717, 1.165) is 6.26 Å². The standard InChI is InChI=1S/C22H26FN3O5S/c1-13(2)31-22(28)25-12-14(3)26(15(4)27)20-9-7-17(11-21(20)25)16-6-8-19(18(23)10-16)24-32(5,29)30/h6-11,13-14,24H,12H2,1-5H3. The highest BCUT2D eigenvalue weighted by molar-refractivity contribution is 7.92. The third-order valence-electron chi connectivity index (χ3n) is 4.91. The highest BCUT2D eigenvalue weighted by Crippen LogP contribution is 2.39. The summed E-state index contributed by atoms with van der Waals surface area (Å²) in [6.07, 6.45) is 0.0859. The molecule has 0 fully saturated rings. The van der Waals surface area contributed by atoms with Gasteiger partial charge in [-0.15, -0.1) is 0 Å². The Morgan fingerprint density at radius 2 is 1.75 bits per heavy atom. The molecule has 3 rings (SSSR count). The van der Waals surface area contributed by atoms with Crippen molar-refractivity contribution in [2.45, 2.75) is 39.8 Å². The number of nitrogens with zero attached hydrogens (tertiary/aromatic N) is 2. The molecule has 172 valence electrons. The summed E-state index contributed by atoms with van der Waals surface area (Å²) < 4.78 is 44.8. The number of nitrogens with one attached hydrogen (secondary N) is 1. The van der Waals surface area contributed by atoms with Crippen molar-refractivity contribution in [3.8, 4) is 11.1 Å². The van der Waals surface area contributed by atoms with Crippen molar-refractivity contribution in [1.82, 2.24) is 0 Å². The number of fused-ring (bicyclic) bond motifs is 1. The van der Waals surface area contributed by atoms with Crippen LogP contribution in [0.25, 0.3) is 11.1 Å². The normalized spacial score (nSPS) is 16.0. The molecule has 1 atom stereocenters. The number of anilines is 3. The van der Waals surface area contributed by atoms with Crippen LogP contribution >= 0.6 is 0 Å². The zero-order valence-electron chi connectivity index (χ0n) is 18.5. The molecule has 2 amide bonds. The maximum atomic E-state index is 14.5. The quantitative estimate of drug-likeness (QED) is 0.740.